The van der Waals surface area contributed by atoms with Crippen molar-refractivity contribution in [1.29, 1.82) is 0 Å². The first-order valence-electron chi connectivity index (χ1n) is 9.61. The summed E-state index contributed by atoms with van der Waals surface area (Å²) >= 11 is 0. The summed E-state index contributed by atoms with van der Waals surface area (Å²) in [6.45, 7) is 3.46. The molecule has 0 fully saturated rings. The van der Waals surface area contributed by atoms with Gasteiger partial charge in [0.05, 0.1) is 34.0 Å². The normalized spacial score (nSPS) is 12.4. The molecule has 0 radical (unpaired) electrons. The molecule has 1 aromatic heterocycles. The number of carbonyl (C=O) groups is 2. The van der Waals surface area contributed by atoms with E-state index in [1.165, 1.54) is 24.3 Å². The second-order valence-corrected chi connectivity index (χ2v) is 6.91. The van der Waals surface area contributed by atoms with Crippen molar-refractivity contribution in [1.82, 2.24) is 9.97 Å². The number of nitrogens with zero attached hydrogens (tertiary/aromatic N) is 3. The van der Waals surface area contributed by atoms with Crippen LogP contribution in [0.3, 0.4) is 0 Å². The summed E-state index contributed by atoms with van der Waals surface area (Å²) in [4.78, 5) is 43.8. The van der Waals surface area contributed by atoms with Crippen LogP contribution in [0.1, 0.15) is 35.4 Å². The van der Waals surface area contributed by atoms with Crippen molar-refractivity contribution < 1.29 is 24.4 Å². The Labute approximate surface area is 182 Å². The number of ether oxygens (including phenoxy) is 1. The molecule has 0 aliphatic carbocycles. The van der Waals surface area contributed by atoms with Crippen LogP contribution in [0.4, 0.5) is 5.69 Å². The largest absolute Gasteiger partial charge is 0.507 e. The summed E-state index contributed by atoms with van der Waals surface area (Å²) in [5, 5.41) is 21.7. The molecule has 1 atom stereocenters. The fraction of sp³-hybridized carbons (Fsp3) is 0.182. The Kier molecular flexibility index (Phi) is 6.43. The highest BCUT2D eigenvalue weighted by atomic mass is 16.6. The molecular formula is C22H20N4O6. The van der Waals surface area contributed by atoms with E-state index in [2.05, 4.69) is 9.97 Å². The monoisotopic (exact) mass is 436 g/mol. The topological polar surface area (TPSA) is 159 Å². The second-order valence-electron chi connectivity index (χ2n) is 6.91. The number of nitro benzene ring substituents is 1. The van der Waals surface area contributed by atoms with Gasteiger partial charge in [-0.25, -0.2) is 9.97 Å². The third-order valence-electron chi connectivity index (χ3n) is 4.62. The molecule has 0 saturated carbocycles. The Hall–Kier alpha value is -4.34. The first kappa shape index (κ1) is 22.3. The Morgan fingerprint density at radius 1 is 1.19 bits per heavy atom. The van der Waals surface area contributed by atoms with Crippen molar-refractivity contribution in [3.8, 4) is 0 Å². The number of nitro groups is 1. The molecule has 32 heavy (non-hydrogen) atoms. The van der Waals surface area contributed by atoms with Crippen LogP contribution < -0.4 is 5.73 Å². The van der Waals surface area contributed by atoms with Gasteiger partial charge >= 0.3 is 5.97 Å². The molecule has 1 amide bonds. The van der Waals surface area contributed by atoms with Gasteiger partial charge in [0, 0.05) is 23.8 Å². The standard InChI is InChI=1S/C22H20N4O6/c1-3-32-22(29)19(21(23)28)20-17(11-18(27)13-6-4-12(2)5-7-13)24-15-9-8-14(26(30)31)10-16(15)25-20/h4-11,19,27H,3H2,1-2H3,(H2,23,28). The summed E-state index contributed by atoms with van der Waals surface area (Å²) in [6, 6.07) is 10.8. The summed E-state index contributed by atoms with van der Waals surface area (Å²) < 4.78 is 4.95. The van der Waals surface area contributed by atoms with Crippen LogP contribution in [0.2, 0.25) is 0 Å². The average molecular weight is 436 g/mol. The number of aliphatic hydroxyl groups is 1. The molecule has 10 nitrogen and oxygen atoms in total. The van der Waals surface area contributed by atoms with Gasteiger partial charge in [-0.05, 0) is 19.9 Å². The van der Waals surface area contributed by atoms with Gasteiger partial charge in [0.1, 0.15) is 5.76 Å². The average Bonchev–Trinajstić information content (AvgIpc) is 2.74. The van der Waals surface area contributed by atoms with E-state index in [0.29, 0.717) is 5.56 Å². The van der Waals surface area contributed by atoms with Gasteiger partial charge in [-0.2, -0.15) is 0 Å². The number of primary amides is 1. The van der Waals surface area contributed by atoms with Crippen molar-refractivity contribution in [3.63, 3.8) is 0 Å². The molecule has 0 saturated heterocycles. The number of hydrogen-bond acceptors (Lipinski definition) is 8. The van der Waals surface area contributed by atoms with Crippen molar-refractivity contribution in [2.75, 3.05) is 6.61 Å². The van der Waals surface area contributed by atoms with E-state index in [4.69, 9.17) is 10.5 Å². The molecule has 10 heteroatoms. The van der Waals surface area contributed by atoms with E-state index in [1.54, 1.807) is 31.2 Å². The molecule has 3 aromatic rings. The van der Waals surface area contributed by atoms with Crippen LogP contribution >= 0.6 is 0 Å². The number of hydrogen-bond donors (Lipinski definition) is 2. The molecule has 1 heterocycles. The number of benzene rings is 2. The van der Waals surface area contributed by atoms with E-state index in [-0.39, 0.29) is 40.5 Å². The summed E-state index contributed by atoms with van der Waals surface area (Å²) in [5.74, 6) is -3.78. The van der Waals surface area contributed by atoms with Gasteiger partial charge < -0.3 is 15.6 Å². The first-order valence-corrected chi connectivity index (χ1v) is 9.61. The smallest absolute Gasteiger partial charge is 0.324 e. The third-order valence-corrected chi connectivity index (χ3v) is 4.62. The van der Waals surface area contributed by atoms with E-state index >= 15 is 0 Å². The lowest BCUT2D eigenvalue weighted by Gasteiger charge is -2.15. The van der Waals surface area contributed by atoms with Gasteiger partial charge in [0.25, 0.3) is 5.69 Å². The molecule has 164 valence electrons. The Bertz CT molecular complexity index is 1240. The molecule has 2 aromatic carbocycles. The number of nitrogens with two attached hydrogens (primary N) is 1. The third kappa shape index (κ3) is 4.69. The molecular weight excluding hydrogens is 416 g/mol. The van der Waals surface area contributed by atoms with Crippen LogP contribution in [-0.2, 0) is 14.3 Å². The predicted octanol–water partition coefficient (Wildman–Crippen LogP) is 3.03. The molecule has 0 bridgehead atoms. The van der Waals surface area contributed by atoms with Crippen molar-refractivity contribution in [2.24, 2.45) is 5.73 Å². The highest BCUT2D eigenvalue weighted by Gasteiger charge is 2.32. The van der Waals surface area contributed by atoms with Gasteiger partial charge in [0.2, 0.25) is 5.91 Å². The number of non-ortho nitro benzene ring substituents is 1. The zero-order valence-corrected chi connectivity index (χ0v) is 17.3. The summed E-state index contributed by atoms with van der Waals surface area (Å²) in [7, 11) is 0. The number of rotatable bonds is 7. The minimum absolute atomic E-state index is 0.00119. The minimum Gasteiger partial charge on any atom is -0.507 e. The quantitative estimate of drug-likeness (QED) is 0.188. The Morgan fingerprint density at radius 2 is 1.88 bits per heavy atom. The Morgan fingerprint density at radius 3 is 2.47 bits per heavy atom. The lowest BCUT2D eigenvalue weighted by atomic mass is 10.0. The molecule has 3 rings (SSSR count). The number of fused-ring (bicyclic) bond motifs is 1. The number of aromatic nitrogens is 2. The number of aliphatic hydroxyl groups excluding tert-OH is 1. The predicted molar refractivity (Wildman–Crippen MR) is 116 cm³/mol. The zero-order valence-electron chi connectivity index (χ0n) is 17.3. The second kappa shape index (κ2) is 9.21. The van der Waals surface area contributed by atoms with E-state index in [1.807, 2.05) is 6.92 Å². The van der Waals surface area contributed by atoms with Crippen LogP contribution in [-0.4, -0.2) is 38.5 Å². The molecule has 0 spiro atoms. The zero-order chi connectivity index (χ0) is 23.4. The molecule has 0 aliphatic rings. The maximum atomic E-state index is 12.5. The fourth-order valence-electron chi connectivity index (χ4n) is 3.03. The maximum Gasteiger partial charge on any atom is 0.324 e. The first-order chi connectivity index (χ1) is 15.2. The van der Waals surface area contributed by atoms with E-state index in [0.717, 1.165) is 5.56 Å². The van der Waals surface area contributed by atoms with Gasteiger partial charge in [0.15, 0.2) is 5.92 Å². The fourth-order valence-corrected chi connectivity index (χ4v) is 3.03. The van der Waals surface area contributed by atoms with Gasteiger partial charge in [-0.1, -0.05) is 29.8 Å². The van der Waals surface area contributed by atoms with Crippen LogP contribution in [0.15, 0.2) is 42.5 Å². The minimum atomic E-state index is -1.62. The maximum absolute atomic E-state index is 12.5. The van der Waals surface area contributed by atoms with E-state index < -0.39 is 22.7 Å². The van der Waals surface area contributed by atoms with Crippen molar-refractivity contribution in [3.05, 3.63) is 75.1 Å². The molecule has 0 aliphatic heterocycles. The van der Waals surface area contributed by atoms with Gasteiger partial charge in [-0.15, -0.1) is 0 Å². The Balaban J connectivity index is 2.25. The SMILES string of the molecule is CCOC(=O)C(C(N)=O)c1nc2cc([N+](=O)[O-])ccc2nc1C=C(O)c1ccc(C)cc1. The highest BCUT2D eigenvalue weighted by molar-refractivity contribution is 6.03. The molecule has 3 N–H and O–H groups in total. The lowest BCUT2D eigenvalue weighted by Crippen LogP contribution is -2.31. The van der Waals surface area contributed by atoms with Crippen LogP contribution in [0, 0.1) is 17.0 Å². The number of esters is 1. The number of amides is 1. The summed E-state index contributed by atoms with van der Waals surface area (Å²) in [5.41, 5.74) is 6.83. The molecule has 1 unspecified atom stereocenters. The van der Waals surface area contributed by atoms with Crippen LogP contribution in [0.5, 0.6) is 0 Å². The van der Waals surface area contributed by atoms with Gasteiger partial charge in [-0.3, -0.25) is 19.7 Å². The lowest BCUT2D eigenvalue weighted by molar-refractivity contribution is -0.384. The number of carbonyl (C=O) groups excluding carboxylic acids is 2. The van der Waals surface area contributed by atoms with Crippen molar-refractivity contribution in [2.45, 2.75) is 19.8 Å². The van der Waals surface area contributed by atoms with Crippen LogP contribution in [0.25, 0.3) is 22.9 Å². The van der Waals surface area contributed by atoms with E-state index in [9.17, 15) is 24.8 Å². The highest BCUT2D eigenvalue weighted by Crippen LogP contribution is 2.27. The van der Waals surface area contributed by atoms with Crippen molar-refractivity contribution >= 4 is 40.4 Å². The number of aryl methyl sites for hydroxylation is 1. The summed E-state index contributed by atoms with van der Waals surface area (Å²) in [6.07, 6.45) is 1.25.